The maximum absolute atomic E-state index is 12.5. The van der Waals surface area contributed by atoms with Crippen molar-refractivity contribution in [2.24, 2.45) is 0 Å². The Labute approximate surface area is 149 Å². The summed E-state index contributed by atoms with van der Waals surface area (Å²) in [6, 6.07) is 7.79. The molecular formula is C18H26N2O4S. The highest BCUT2D eigenvalue weighted by molar-refractivity contribution is 7.91. The average Bonchev–Trinajstić information content (AvgIpc) is 2.97. The second kappa shape index (κ2) is 7.74. The van der Waals surface area contributed by atoms with Gasteiger partial charge in [-0.3, -0.25) is 9.69 Å². The molecule has 1 atom stereocenters. The molecule has 0 radical (unpaired) electrons. The Morgan fingerprint density at radius 3 is 2.40 bits per heavy atom. The summed E-state index contributed by atoms with van der Waals surface area (Å²) in [5.41, 5.74) is 0.984. The Morgan fingerprint density at radius 2 is 1.84 bits per heavy atom. The lowest BCUT2D eigenvalue weighted by Gasteiger charge is -2.37. The first-order chi connectivity index (χ1) is 12.0. The van der Waals surface area contributed by atoms with Gasteiger partial charge in [0.2, 0.25) is 5.91 Å². The fraction of sp³-hybridized carbons (Fsp3) is 0.611. The van der Waals surface area contributed by atoms with Crippen molar-refractivity contribution in [1.82, 2.24) is 9.80 Å². The topological polar surface area (TPSA) is 66.9 Å². The van der Waals surface area contributed by atoms with Gasteiger partial charge in [0.15, 0.2) is 9.84 Å². The van der Waals surface area contributed by atoms with Crippen LogP contribution in [0.3, 0.4) is 0 Å². The van der Waals surface area contributed by atoms with E-state index in [-0.39, 0.29) is 17.7 Å². The predicted octanol–water partition coefficient (Wildman–Crippen LogP) is 0.959. The summed E-state index contributed by atoms with van der Waals surface area (Å²) < 4.78 is 28.7. The first kappa shape index (κ1) is 18.2. The van der Waals surface area contributed by atoms with Gasteiger partial charge in [0.05, 0.1) is 24.5 Å². The molecule has 0 spiro atoms. The number of nitrogens with zero attached hydrogens (tertiary/aromatic N) is 2. The van der Waals surface area contributed by atoms with E-state index in [0.717, 1.165) is 30.8 Å². The highest BCUT2D eigenvalue weighted by atomic mass is 32.2. The molecular weight excluding hydrogens is 340 g/mol. The Kier molecular flexibility index (Phi) is 5.64. The fourth-order valence-electron chi connectivity index (χ4n) is 3.56. The van der Waals surface area contributed by atoms with Gasteiger partial charge < -0.3 is 9.64 Å². The molecule has 0 aliphatic carbocycles. The lowest BCUT2D eigenvalue weighted by atomic mass is 10.1. The number of carbonyl (C=O) groups excluding carboxylic acids is 1. The standard InChI is InChI=1S/C18H26N2O4S/c1-2-24-17-5-3-15(4-6-17)13-18(21)20-10-8-19(9-11-20)16-7-12-25(22,23)14-16/h3-6,16H,2,7-14H2,1H3. The second-order valence-electron chi connectivity index (χ2n) is 6.73. The smallest absolute Gasteiger partial charge is 0.227 e. The van der Waals surface area contributed by atoms with Gasteiger partial charge in [-0.05, 0) is 31.0 Å². The number of sulfone groups is 1. The van der Waals surface area contributed by atoms with Crippen LogP contribution in [0.2, 0.25) is 0 Å². The molecule has 0 saturated carbocycles. The van der Waals surface area contributed by atoms with Crippen molar-refractivity contribution in [2.75, 3.05) is 44.3 Å². The first-order valence-corrected chi connectivity index (χ1v) is 10.7. The number of amides is 1. The third kappa shape index (κ3) is 4.73. The molecule has 2 fully saturated rings. The minimum atomic E-state index is -2.86. The van der Waals surface area contributed by atoms with E-state index in [1.807, 2.05) is 36.1 Å². The summed E-state index contributed by atoms with van der Waals surface area (Å²) in [4.78, 5) is 16.6. The third-order valence-corrected chi connectivity index (χ3v) is 6.73. The van der Waals surface area contributed by atoms with Gasteiger partial charge in [-0.1, -0.05) is 12.1 Å². The van der Waals surface area contributed by atoms with Crippen LogP contribution in [-0.2, 0) is 21.1 Å². The lowest BCUT2D eigenvalue weighted by Crippen LogP contribution is -2.52. The molecule has 1 aromatic carbocycles. The van der Waals surface area contributed by atoms with Crippen LogP contribution in [0, 0.1) is 0 Å². The van der Waals surface area contributed by atoms with Crippen LogP contribution in [0.1, 0.15) is 18.9 Å². The maximum atomic E-state index is 12.5. The molecule has 0 N–H and O–H groups in total. The summed E-state index contributed by atoms with van der Waals surface area (Å²) in [6.07, 6.45) is 1.12. The van der Waals surface area contributed by atoms with E-state index in [9.17, 15) is 13.2 Å². The Hall–Kier alpha value is -1.60. The molecule has 7 heteroatoms. The molecule has 2 aliphatic heterocycles. The van der Waals surface area contributed by atoms with E-state index in [1.165, 1.54) is 0 Å². The molecule has 0 aromatic heterocycles. The zero-order chi connectivity index (χ0) is 17.9. The van der Waals surface area contributed by atoms with Crippen molar-refractivity contribution in [2.45, 2.75) is 25.8 Å². The van der Waals surface area contributed by atoms with Crippen LogP contribution in [0.15, 0.2) is 24.3 Å². The number of carbonyl (C=O) groups is 1. The molecule has 138 valence electrons. The molecule has 2 aliphatic rings. The zero-order valence-electron chi connectivity index (χ0n) is 14.7. The van der Waals surface area contributed by atoms with E-state index >= 15 is 0 Å². The van der Waals surface area contributed by atoms with Crippen LogP contribution in [0.25, 0.3) is 0 Å². The Bertz CT molecular complexity index is 694. The van der Waals surface area contributed by atoms with Crippen LogP contribution in [0.4, 0.5) is 0 Å². The van der Waals surface area contributed by atoms with Gasteiger partial charge in [-0.15, -0.1) is 0 Å². The van der Waals surface area contributed by atoms with Gasteiger partial charge in [-0.25, -0.2) is 8.42 Å². The molecule has 25 heavy (non-hydrogen) atoms. The van der Waals surface area contributed by atoms with Crippen molar-refractivity contribution in [3.63, 3.8) is 0 Å². The summed E-state index contributed by atoms with van der Waals surface area (Å²) in [5, 5.41) is 0. The molecule has 2 saturated heterocycles. The molecule has 2 heterocycles. The molecule has 1 amide bonds. The molecule has 0 bridgehead atoms. The van der Waals surface area contributed by atoms with Crippen molar-refractivity contribution in [3.05, 3.63) is 29.8 Å². The van der Waals surface area contributed by atoms with Crippen LogP contribution >= 0.6 is 0 Å². The first-order valence-electron chi connectivity index (χ1n) is 8.91. The van der Waals surface area contributed by atoms with E-state index in [4.69, 9.17) is 4.74 Å². The van der Waals surface area contributed by atoms with Gasteiger partial charge in [0, 0.05) is 32.2 Å². The molecule has 1 unspecified atom stereocenters. The van der Waals surface area contributed by atoms with Gasteiger partial charge in [0.1, 0.15) is 5.75 Å². The largest absolute Gasteiger partial charge is 0.494 e. The number of hydrogen-bond donors (Lipinski definition) is 0. The summed E-state index contributed by atoms with van der Waals surface area (Å²) in [6.45, 7) is 5.44. The zero-order valence-corrected chi connectivity index (χ0v) is 15.5. The van der Waals surface area contributed by atoms with Gasteiger partial charge >= 0.3 is 0 Å². The van der Waals surface area contributed by atoms with Crippen molar-refractivity contribution in [3.8, 4) is 5.75 Å². The number of rotatable bonds is 5. The summed E-state index contributed by atoms with van der Waals surface area (Å²) in [5.74, 6) is 1.52. The highest BCUT2D eigenvalue weighted by Gasteiger charge is 2.34. The van der Waals surface area contributed by atoms with E-state index in [0.29, 0.717) is 31.9 Å². The minimum absolute atomic E-state index is 0.128. The van der Waals surface area contributed by atoms with E-state index in [2.05, 4.69) is 4.90 Å². The number of benzene rings is 1. The van der Waals surface area contributed by atoms with Crippen molar-refractivity contribution in [1.29, 1.82) is 0 Å². The van der Waals surface area contributed by atoms with Gasteiger partial charge in [-0.2, -0.15) is 0 Å². The highest BCUT2D eigenvalue weighted by Crippen LogP contribution is 2.20. The predicted molar refractivity (Wildman–Crippen MR) is 96.5 cm³/mol. The van der Waals surface area contributed by atoms with E-state index in [1.54, 1.807) is 0 Å². The number of piperazine rings is 1. The number of ether oxygens (including phenoxy) is 1. The lowest BCUT2D eigenvalue weighted by molar-refractivity contribution is -0.132. The molecule has 6 nitrogen and oxygen atoms in total. The average molecular weight is 366 g/mol. The fourth-order valence-corrected chi connectivity index (χ4v) is 5.32. The SMILES string of the molecule is CCOc1ccc(CC(=O)N2CCN(C3CCS(=O)(=O)C3)CC2)cc1. The van der Waals surface area contributed by atoms with Crippen LogP contribution in [0.5, 0.6) is 5.75 Å². The summed E-state index contributed by atoms with van der Waals surface area (Å²) in [7, 11) is -2.86. The monoisotopic (exact) mass is 366 g/mol. The Balaban J connectivity index is 1.48. The molecule has 3 rings (SSSR count). The minimum Gasteiger partial charge on any atom is -0.494 e. The van der Waals surface area contributed by atoms with Gasteiger partial charge in [0.25, 0.3) is 0 Å². The summed E-state index contributed by atoms with van der Waals surface area (Å²) >= 11 is 0. The Morgan fingerprint density at radius 1 is 1.16 bits per heavy atom. The normalized spacial score (nSPS) is 23.6. The van der Waals surface area contributed by atoms with Crippen molar-refractivity contribution >= 4 is 15.7 Å². The van der Waals surface area contributed by atoms with E-state index < -0.39 is 9.84 Å². The quantitative estimate of drug-likeness (QED) is 0.777. The van der Waals surface area contributed by atoms with Crippen LogP contribution in [-0.4, -0.2) is 74.5 Å². The third-order valence-electron chi connectivity index (χ3n) is 4.98. The number of hydrogen-bond acceptors (Lipinski definition) is 5. The maximum Gasteiger partial charge on any atom is 0.227 e. The van der Waals surface area contributed by atoms with Crippen LogP contribution < -0.4 is 4.74 Å². The molecule has 1 aromatic rings. The van der Waals surface area contributed by atoms with Crippen molar-refractivity contribution < 1.29 is 17.9 Å². The second-order valence-corrected chi connectivity index (χ2v) is 8.96.